The molecule has 1 amide bonds. The number of carbonyl (C=O) groups excluding carboxylic acids is 1. The standard InChI is InChI=1S/C28H20F2N4O4/c29-19-6-10-22(11-7-19)34-28(36)26(25(17-32-34)38-23-12-8-20(30)9-13-23)33-21-4-1-3-18(15-21)27(35)31-16-24-5-2-14-37-24/h1-15,17,33H,16H2,(H,31,35). The molecule has 3 aromatic carbocycles. The molecular weight excluding hydrogens is 494 g/mol. The van der Waals surface area contributed by atoms with E-state index in [0.717, 1.165) is 4.68 Å². The number of carbonyl (C=O) groups is 1. The van der Waals surface area contributed by atoms with Crippen molar-refractivity contribution in [2.24, 2.45) is 0 Å². The lowest BCUT2D eigenvalue weighted by Crippen LogP contribution is -2.24. The summed E-state index contributed by atoms with van der Waals surface area (Å²) in [6, 6.07) is 20.5. The number of benzene rings is 3. The number of halogens is 2. The molecule has 5 aromatic rings. The Bertz CT molecular complexity index is 1620. The van der Waals surface area contributed by atoms with E-state index in [1.165, 1.54) is 61.0 Å². The molecule has 8 nitrogen and oxygen atoms in total. The highest BCUT2D eigenvalue weighted by Gasteiger charge is 2.16. The third-order valence-electron chi connectivity index (χ3n) is 5.45. The van der Waals surface area contributed by atoms with Gasteiger partial charge >= 0.3 is 0 Å². The highest BCUT2D eigenvalue weighted by molar-refractivity contribution is 5.95. The molecule has 0 aliphatic rings. The maximum Gasteiger partial charge on any atom is 0.299 e. The minimum Gasteiger partial charge on any atom is -0.467 e. The summed E-state index contributed by atoms with van der Waals surface area (Å²) in [5, 5.41) is 9.94. The van der Waals surface area contributed by atoms with Gasteiger partial charge in [0.2, 0.25) is 0 Å². The Hall–Kier alpha value is -5.25. The van der Waals surface area contributed by atoms with Crippen LogP contribution in [0.5, 0.6) is 11.5 Å². The van der Waals surface area contributed by atoms with Crippen molar-refractivity contribution >= 4 is 17.3 Å². The van der Waals surface area contributed by atoms with E-state index in [4.69, 9.17) is 9.15 Å². The number of ether oxygens (including phenoxy) is 1. The number of nitrogens with zero attached hydrogens (tertiary/aromatic N) is 2. The lowest BCUT2D eigenvalue weighted by Gasteiger charge is -2.15. The predicted octanol–water partition coefficient (Wildman–Crippen LogP) is 5.57. The van der Waals surface area contributed by atoms with Gasteiger partial charge in [0.15, 0.2) is 11.4 Å². The summed E-state index contributed by atoms with van der Waals surface area (Å²) >= 11 is 0. The van der Waals surface area contributed by atoms with Crippen molar-refractivity contribution < 1.29 is 22.7 Å². The average Bonchev–Trinajstić information content (AvgIpc) is 3.45. The highest BCUT2D eigenvalue weighted by Crippen LogP contribution is 2.29. The molecule has 0 atom stereocenters. The lowest BCUT2D eigenvalue weighted by atomic mass is 10.2. The van der Waals surface area contributed by atoms with Crippen LogP contribution in [0.2, 0.25) is 0 Å². The van der Waals surface area contributed by atoms with E-state index >= 15 is 0 Å². The van der Waals surface area contributed by atoms with Gasteiger partial charge in [-0.2, -0.15) is 9.78 Å². The van der Waals surface area contributed by atoms with E-state index in [2.05, 4.69) is 15.7 Å². The monoisotopic (exact) mass is 514 g/mol. The van der Waals surface area contributed by atoms with Crippen LogP contribution in [0.1, 0.15) is 16.1 Å². The molecule has 190 valence electrons. The molecule has 5 rings (SSSR count). The van der Waals surface area contributed by atoms with E-state index in [0.29, 0.717) is 22.7 Å². The number of nitrogens with one attached hydrogen (secondary N) is 2. The summed E-state index contributed by atoms with van der Waals surface area (Å²) in [5.74, 6) is -0.297. The third-order valence-corrected chi connectivity index (χ3v) is 5.45. The van der Waals surface area contributed by atoms with Crippen molar-refractivity contribution in [1.29, 1.82) is 0 Å². The Balaban J connectivity index is 1.47. The van der Waals surface area contributed by atoms with Gasteiger partial charge < -0.3 is 19.8 Å². The molecule has 2 N–H and O–H groups in total. The van der Waals surface area contributed by atoms with E-state index in [1.807, 2.05) is 0 Å². The molecule has 2 aromatic heterocycles. The predicted molar refractivity (Wildman–Crippen MR) is 136 cm³/mol. The number of rotatable bonds is 8. The fourth-order valence-corrected chi connectivity index (χ4v) is 3.59. The van der Waals surface area contributed by atoms with Gasteiger partial charge in [-0.25, -0.2) is 8.78 Å². The maximum atomic E-state index is 13.5. The summed E-state index contributed by atoms with van der Waals surface area (Å²) in [4.78, 5) is 26.2. The van der Waals surface area contributed by atoms with Crippen molar-refractivity contribution in [2.45, 2.75) is 6.54 Å². The topological polar surface area (TPSA) is 98.4 Å². The van der Waals surface area contributed by atoms with Gasteiger partial charge in [0.25, 0.3) is 11.5 Å². The van der Waals surface area contributed by atoms with Crippen LogP contribution in [0, 0.1) is 11.6 Å². The summed E-state index contributed by atoms with van der Waals surface area (Å²) in [6.45, 7) is 0.214. The molecule has 2 heterocycles. The Morgan fingerprint density at radius 1 is 0.947 bits per heavy atom. The first-order valence-corrected chi connectivity index (χ1v) is 11.5. The molecule has 0 saturated heterocycles. The number of furan rings is 1. The largest absolute Gasteiger partial charge is 0.467 e. The van der Waals surface area contributed by atoms with Gasteiger partial charge in [0, 0.05) is 11.3 Å². The zero-order chi connectivity index (χ0) is 26.5. The van der Waals surface area contributed by atoms with Gasteiger partial charge in [-0.05, 0) is 78.9 Å². The zero-order valence-electron chi connectivity index (χ0n) is 19.7. The van der Waals surface area contributed by atoms with Gasteiger partial charge in [-0.3, -0.25) is 9.59 Å². The van der Waals surface area contributed by atoms with E-state index in [1.54, 1.807) is 36.4 Å². The van der Waals surface area contributed by atoms with Gasteiger partial charge in [0.05, 0.1) is 24.7 Å². The molecule has 0 unspecified atom stereocenters. The highest BCUT2D eigenvalue weighted by atomic mass is 19.1. The van der Waals surface area contributed by atoms with Crippen LogP contribution in [0.25, 0.3) is 5.69 Å². The molecule has 0 fully saturated rings. The molecule has 0 saturated carbocycles. The van der Waals surface area contributed by atoms with Gasteiger partial charge in [-0.15, -0.1) is 0 Å². The van der Waals surface area contributed by atoms with Gasteiger partial charge in [-0.1, -0.05) is 6.07 Å². The van der Waals surface area contributed by atoms with E-state index in [-0.39, 0.29) is 29.6 Å². The number of amides is 1. The quantitative estimate of drug-likeness (QED) is 0.281. The molecule has 0 spiro atoms. The first-order chi connectivity index (χ1) is 18.5. The second kappa shape index (κ2) is 10.8. The molecular formula is C28H20F2N4O4. The van der Waals surface area contributed by atoms with Gasteiger partial charge in [0.1, 0.15) is 23.1 Å². The number of anilines is 2. The van der Waals surface area contributed by atoms with Crippen LogP contribution < -0.4 is 20.9 Å². The lowest BCUT2D eigenvalue weighted by molar-refractivity contribution is 0.0948. The SMILES string of the molecule is O=C(NCc1ccco1)c1cccc(Nc2c(Oc3ccc(F)cc3)cnn(-c3ccc(F)cc3)c2=O)c1. The number of hydrogen-bond acceptors (Lipinski definition) is 6. The first kappa shape index (κ1) is 24.4. The van der Waals surface area contributed by atoms with E-state index < -0.39 is 17.2 Å². The Morgan fingerprint density at radius 2 is 1.68 bits per heavy atom. The molecule has 10 heteroatoms. The summed E-state index contributed by atoms with van der Waals surface area (Å²) in [6.07, 6.45) is 2.83. The summed E-state index contributed by atoms with van der Waals surface area (Å²) < 4.78 is 38.9. The Labute approximate surface area is 215 Å². The van der Waals surface area contributed by atoms with Crippen molar-refractivity contribution in [3.8, 4) is 17.2 Å². The number of aromatic nitrogens is 2. The van der Waals surface area contributed by atoms with Crippen LogP contribution in [0.3, 0.4) is 0 Å². The maximum absolute atomic E-state index is 13.5. The van der Waals surface area contributed by atoms with Crippen molar-refractivity contribution in [3.63, 3.8) is 0 Å². The summed E-state index contributed by atoms with van der Waals surface area (Å²) in [7, 11) is 0. The Morgan fingerprint density at radius 3 is 2.39 bits per heavy atom. The minimum absolute atomic E-state index is 0.00166. The van der Waals surface area contributed by atoms with E-state index in [9.17, 15) is 18.4 Å². The smallest absolute Gasteiger partial charge is 0.299 e. The molecule has 38 heavy (non-hydrogen) atoms. The molecule has 0 radical (unpaired) electrons. The second-order valence-corrected chi connectivity index (χ2v) is 8.10. The van der Waals surface area contributed by atoms with Crippen LogP contribution in [-0.2, 0) is 6.54 Å². The first-order valence-electron chi connectivity index (χ1n) is 11.5. The molecule has 0 bridgehead atoms. The van der Waals surface area contributed by atoms with Crippen LogP contribution in [-0.4, -0.2) is 15.7 Å². The second-order valence-electron chi connectivity index (χ2n) is 8.10. The molecule has 0 aliphatic carbocycles. The average molecular weight is 514 g/mol. The fraction of sp³-hybridized carbons (Fsp3) is 0.0357. The number of hydrogen-bond donors (Lipinski definition) is 2. The Kier molecular flexibility index (Phi) is 6.94. The van der Waals surface area contributed by atoms with Crippen molar-refractivity contribution in [1.82, 2.24) is 15.1 Å². The van der Waals surface area contributed by atoms with Crippen LogP contribution in [0.15, 0.2) is 107 Å². The van der Waals surface area contributed by atoms with Crippen molar-refractivity contribution in [2.75, 3.05) is 5.32 Å². The van der Waals surface area contributed by atoms with Crippen LogP contribution >= 0.6 is 0 Å². The minimum atomic E-state index is -0.594. The molecule has 0 aliphatic heterocycles. The third kappa shape index (κ3) is 5.59. The summed E-state index contributed by atoms with van der Waals surface area (Å²) in [5.41, 5.74) is 0.508. The fourth-order valence-electron chi connectivity index (χ4n) is 3.59. The zero-order valence-corrected chi connectivity index (χ0v) is 19.7. The van der Waals surface area contributed by atoms with Crippen LogP contribution in [0.4, 0.5) is 20.2 Å². The van der Waals surface area contributed by atoms with Crippen molar-refractivity contribution in [3.05, 3.63) is 131 Å². The normalized spacial score (nSPS) is 10.7.